The predicted octanol–water partition coefficient (Wildman–Crippen LogP) is 11.6. The average molecular weight is 593 g/mol. The van der Waals surface area contributed by atoms with Gasteiger partial charge in [-0.3, -0.25) is 0 Å². The van der Waals surface area contributed by atoms with Crippen LogP contribution in [0.3, 0.4) is 0 Å². The lowest BCUT2D eigenvalue weighted by Crippen LogP contribution is -2.58. The first-order valence-electron chi connectivity index (χ1n) is 18.3. The Morgan fingerprint density at radius 2 is 1.52 bits per heavy atom. The minimum absolute atomic E-state index is 0.00999. The van der Waals surface area contributed by atoms with Crippen molar-refractivity contribution in [1.29, 1.82) is 0 Å². The summed E-state index contributed by atoms with van der Waals surface area (Å²) < 4.78 is 6.84. The summed E-state index contributed by atoms with van der Waals surface area (Å²) in [6.45, 7) is 12.6. The van der Waals surface area contributed by atoms with E-state index in [1.54, 1.807) is 0 Å². The SMILES string of the molecule is CC(C)CCC[C@H](C)[C@@H]1CC[C@H]2[C@H]3CC[C@H]4CCCC(OC(=O)c5c6ccccc6cc6ccccc56)[C@]4(C)[C@H]3CC[C@@]21C. The molecule has 4 aliphatic rings. The summed E-state index contributed by atoms with van der Waals surface area (Å²) in [5.41, 5.74) is 1.34. The summed E-state index contributed by atoms with van der Waals surface area (Å²) in [7, 11) is 0. The Hall–Kier alpha value is -2.35. The van der Waals surface area contributed by atoms with Crippen molar-refractivity contribution in [3.63, 3.8) is 0 Å². The van der Waals surface area contributed by atoms with Gasteiger partial charge in [-0.1, -0.05) is 102 Å². The van der Waals surface area contributed by atoms with Gasteiger partial charge in [0.25, 0.3) is 0 Å². The first-order chi connectivity index (χ1) is 21.2. The topological polar surface area (TPSA) is 26.3 Å². The van der Waals surface area contributed by atoms with Gasteiger partial charge in [0, 0.05) is 5.41 Å². The molecule has 0 saturated heterocycles. The molecule has 4 saturated carbocycles. The van der Waals surface area contributed by atoms with Crippen molar-refractivity contribution in [1.82, 2.24) is 0 Å². The number of benzene rings is 3. The number of ether oxygens (including phenoxy) is 1. The lowest BCUT2D eigenvalue weighted by molar-refractivity contribution is -0.166. The molecule has 2 nitrogen and oxygen atoms in total. The van der Waals surface area contributed by atoms with E-state index in [1.807, 2.05) is 0 Å². The molecule has 44 heavy (non-hydrogen) atoms. The van der Waals surface area contributed by atoms with Crippen LogP contribution in [0.25, 0.3) is 21.5 Å². The third-order valence-electron chi connectivity index (χ3n) is 14.1. The van der Waals surface area contributed by atoms with Crippen LogP contribution in [0.15, 0.2) is 54.6 Å². The number of carbonyl (C=O) groups excluding carboxylic acids is 1. The van der Waals surface area contributed by atoms with Gasteiger partial charge in [0.15, 0.2) is 0 Å². The molecule has 3 aromatic carbocycles. The van der Waals surface area contributed by atoms with E-state index in [4.69, 9.17) is 4.74 Å². The van der Waals surface area contributed by atoms with E-state index < -0.39 is 0 Å². The molecule has 4 aliphatic carbocycles. The molecule has 3 aromatic rings. The zero-order valence-corrected chi connectivity index (χ0v) is 28.1. The Kier molecular flexibility index (Phi) is 8.12. The maximum absolute atomic E-state index is 14.4. The van der Waals surface area contributed by atoms with Crippen molar-refractivity contribution in [3.05, 3.63) is 60.2 Å². The molecule has 0 N–H and O–H groups in total. The third-order valence-corrected chi connectivity index (χ3v) is 14.1. The van der Waals surface area contributed by atoms with Crippen LogP contribution in [0.5, 0.6) is 0 Å². The minimum Gasteiger partial charge on any atom is -0.458 e. The fourth-order valence-electron chi connectivity index (χ4n) is 11.9. The van der Waals surface area contributed by atoms with E-state index in [2.05, 4.69) is 89.2 Å². The molecule has 0 amide bonds. The lowest BCUT2D eigenvalue weighted by Gasteiger charge is -2.62. The Morgan fingerprint density at radius 1 is 0.818 bits per heavy atom. The van der Waals surface area contributed by atoms with Gasteiger partial charge in [-0.05, 0) is 132 Å². The van der Waals surface area contributed by atoms with E-state index in [9.17, 15) is 4.79 Å². The molecule has 236 valence electrons. The molecule has 0 bridgehead atoms. The molecule has 0 aromatic heterocycles. The molecular weight excluding hydrogens is 536 g/mol. The highest BCUT2D eigenvalue weighted by molar-refractivity contribution is 6.16. The van der Waals surface area contributed by atoms with E-state index in [1.165, 1.54) is 70.6 Å². The largest absolute Gasteiger partial charge is 0.458 e. The zero-order valence-electron chi connectivity index (χ0n) is 28.1. The molecule has 9 atom stereocenters. The van der Waals surface area contributed by atoms with E-state index in [0.29, 0.717) is 17.3 Å². The van der Waals surface area contributed by atoms with Crippen LogP contribution in [0.4, 0.5) is 0 Å². The van der Waals surface area contributed by atoms with Gasteiger partial charge in [-0.25, -0.2) is 4.79 Å². The second-order valence-corrected chi connectivity index (χ2v) is 16.6. The van der Waals surface area contributed by atoms with Crippen LogP contribution in [0, 0.1) is 52.3 Å². The average Bonchev–Trinajstić information content (AvgIpc) is 3.37. The monoisotopic (exact) mass is 592 g/mol. The maximum Gasteiger partial charge on any atom is 0.339 e. The molecule has 1 unspecified atom stereocenters. The first-order valence-corrected chi connectivity index (χ1v) is 18.3. The van der Waals surface area contributed by atoms with Crippen LogP contribution in [-0.2, 0) is 4.74 Å². The van der Waals surface area contributed by atoms with Gasteiger partial charge in [-0.2, -0.15) is 0 Å². The van der Waals surface area contributed by atoms with Crippen molar-refractivity contribution >= 4 is 27.5 Å². The summed E-state index contributed by atoms with van der Waals surface area (Å²) >= 11 is 0. The number of hydrogen-bond donors (Lipinski definition) is 0. The van der Waals surface area contributed by atoms with E-state index in [0.717, 1.165) is 63.1 Å². The fraction of sp³-hybridized carbons (Fsp3) is 0.643. The van der Waals surface area contributed by atoms with Crippen LogP contribution in [-0.4, -0.2) is 12.1 Å². The van der Waals surface area contributed by atoms with Gasteiger partial charge >= 0.3 is 5.97 Å². The van der Waals surface area contributed by atoms with Crippen molar-refractivity contribution in [3.8, 4) is 0 Å². The predicted molar refractivity (Wildman–Crippen MR) is 184 cm³/mol. The Bertz CT molecular complexity index is 1450. The number of rotatable bonds is 7. The van der Waals surface area contributed by atoms with Crippen LogP contribution >= 0.6 is 0 Å². The lowest BCUT2D eigenvalue weighted by atomic mass is 9.44. The maximum atomic E-state index is 14.4. The number of fused-ring (bicyclic) bond motifs is 7. The molecule has 0 heterocycles. The minimum atomic E-state index is -0.108. The van der Waals surface area contributed by atoms with Crippen LogP contribution in [0.1, 0.15) is 122 Å². The van der Waals surface area contributed by atoms with Crippen molar-refractivity contribution < 1.29 is 9.53 Å². The summed E-state index contributed by atoms with van der Waals surface area (Å²) in [6.07, 6.45) is 15.9. The van der Waals surface area contributed by atoms with Gasteiger partial charge in [0.1, 0.15) is 6.10 Å². The highest BCUT2D eigenvalue weighted by Gasteiger charge is 2.62. The van der Waals surface area contributed by atoms with E-state index in [-0.39, 0.29) is 17.5 Å². The number of hydrogen-bond acceptors (Lipinski definition) is 2. The van der Waals surface area contributed by atoms with Crippen molar-refractivity contribution in [2.45, 2.75) is 118 Å². The van der Waals surface area contributed by atoms with E-state index >= 15 is 0 Å². The molecule has 7 rings (SSSR count). The Labute approximate surface area is 266 Å². The van der Waals surface area contributed by atoms with Crippen LogP contribution < -0.4 is 0 Å². The number of esters is 1. The Morgan fingerprint density at radius 3 is 2.23 bits per heavy atom. The fourth-order valence-corrected chi connectivity index (χ4v) is 11.9. The summed E-state index contributed by atoms with van der Waals surface area (Å²) in [6, 6.07) is 18.9. The van der Waals surface area contributed by atoms with Gasteiger partial charge in [0.2, 0.25) is 0 Å². The Balaban J connectivity index is 1.16. The molecule has 0 spiro atoms. The second-order valence-electron chi connectivity index (χ2n) is 16.6. The second kappa shape index (κ2) is 11.8. The van der Waals surface area contributed by atoms with Gasteiger partial charge in [0.05, 0.1) is 5.56 Å². The van der Waals surface area contributed by atoms with Crippen LogP contribution in [0.2, 0.25) is 0 Å². The van der Waals surface area contributed by atoms with Gasteiger partial charge in [-0.15, -0.1) is 0 Å². The normalized spacial score (nSPS) is 35.7. The smallest absolute Gasteiger partial charge is 0.339 e. The molecular formula is C42H56O2. The van der Waals surface area contributed by atoms with Crippen molar-refractivity contribution in [2.75, 3.05) is 0 Å². The quantitative estimate of drug-likeness (QED) is 0.201. The molecule has 0 radical (unpaired) electrons. The number of carbonyl (C=O) groups is 1. The molecule has 2 heteroatoms. The zero-order chi connectivity index (χ0) is 30.6. The standard InChI is InChI=1S/C42H56O2/c1-27(2)12-10-13-28(3)35-22-23-36-34-21-20-31-16-11-19-38(42(31,5)37(34)24-25-41(35,36)4)44-40(43)39-32-17-8-6-14-29(32)26-30-15-7-9-18-33(30)39/h6-9,14-15,17-18,26-28,31,34-38H,10-13,16,19-25H2,1-5H3/t28-,31+,34+,35-,36-,37-,38?,41+,42-/m0/s1. The van der Waals surface area contributed by atoms with Crippen molar-refractivity contribution in [2.24, 2.45) is 52.3 Å². The summed E-state index contributed by atoms with van der Waals surface area (Å²) in [5, 5.41) is 4.26. The first kappa shape index (κ1) is 30.3. The highest BCUT2D eigenvalue weighted by Crippen LogP contribution is 2.68. The molecule has 0 aliphatic heterocycles. The molecule has 4 fully saturated rings. The van der Waals surface area contributed by atoms with Gasteiger partial charge < -0.3 is 4.74 Å². The summed E-state index contributed by atoms with van der Waals surface area (Å²) in [5.74, 6) is 5.42. The highest BCUT2D eigenvalue weighted by atomic mass is 16.5. The third kappa shape index (κ3) is 4.93. The summed E-state index contributed by atoms with van der Waals surface area (Å²) in [4.78, 5) is 14.4.